The lowest BCUT2D eigenvalue weighted by atomic mass is 10.0. The van der Waals surface area contributed by atoms with Crippen LogP contribution in [0.25, 0.3) is 0 Å². The molecule has 0 aliphatic carbocycles. The van der Waals surface area contributed by atoms with Crippen LogP contribution in [0.4, 0.5) is 0 Å². The lowest BCUT2D eigenvalue weighted by Gasteiger charge is -2.33. The van der Waals surface area contributed by atoms with Gasteiger partial charge in [0.25, 0.3) is 0 Å². The van der Waals surface area contributed by atoms with Crippen molar-refractivity contribution in [3.8, 4) is 0 Å². The fourth-order valence-electron chi connectivity index (χ4n) is 2.51. The molecule has 0 spiro atoms. The molecule has 3 atom stereocenters. The minimum absolute atomic E-state index is 0.134. The molecule has 0 bridgehead atoms. The zero-order chi connectivity index (χ0) is 10.1. The summed E-state index contributed by atoms with van der Waals surface area (Å²) in [6.45, 7) is 6.40. The lowest BCUT2D eigenvalue weighted by molar-refractivity contribution is -0.136. The average molecular weight is 196 g/mol. The molecule has 0 aromatic rings. The highest BCUT2D eigenvalue weighted by Crippen LogP contribution is 2.26. The van der Waals surface area contributed by atoms with Gasteiger partial charge in [0.1, 0.15) is 0 Å². The molecule has 2 fully saturated rings. The van der Waals surface area contributed by atoms with Gasteiger partial charge in [0, 0.05) is 12.6 Å². The van der Waals surface area contributed by atoms with Crippen LogP contribution >= 0.6 is 0 Å². The number of rotatable bonds is 2. The fourth-order valence-corrected chi connectivity index (χ4v) is 2.51. The van der Waals surface area contributed by atoms with Crippen LogP contribution in [0.1, 0.15) is 33.1 Å². The predicted molar refractivity (Wildman–Crippen MR) is 56.0 cm³/mol. The highest BCUT2D eigenvalue weighted by atomic mass is 16.2. The summed E-state index contributed by atoms with van der Waals surface area (Å²) in [5.41, 5.74) is 0. The molecule has 2 aliphatic heterocycles. The molecule has 2 rings (SSSR count). The van der Waals surface area contributed by atoms with Gasteiger partial charge in [-0.05, 0) is 31.7 Å². The number of nitrogens with zero attached hydrogens (tertiary/aromatic N) is 1. The van der Waals surface area contributed by atoms with Crippen molar-refractivity contribution in [3.63, 3.8) is 0 Å². The van der Waals surface area contributed by atoms with Gasteiger partial charge in [-0.25, -0.2) is 0 Å². The number of hydrogen-bond acceptors (Lipinski definition) is 2. The molecule has 3 nitrogen and oxygen atoms in total. The fraction of sp³-hybridized carbons (Fsp3) is 0.909. The van der Waals surface area contributed by atoms with Crippen LogP contribution in [0.5, 0.6) is 0 Å². The van der Waals surface area contributed by atoms with Gasteiger partial charge in [-0.15, -0.1) is 0 Å². The number of nitrogens with one attached hydrogen (secondary N) is 1. The van der Waals surface area contributed by atoms with Crippen molar-refractivity contribution in [3.05, 3.63) is 0 Å². The zero-order valence-electron chi connectivity index (χ0n) is 9.12. The first-order valence-corrected chi connectivity index (χ1v) is 5.76. The van der Waals surface area contributed by atoms with E-state index in [1.165, 1.54) is 6.42 Å². The Bertz CT molecular complexity index is 225. The highest BCUT2D eigenvalue weighted by molar-refractivity contribution is 5.83. The molecule has 3 heteroatoms. The molecule has 1 N–H and O–H groups in total. The molecule has 0 aromatic carbocycles. The summed E-state index contributed by atoms with van der Waals surface area (Å²) in [5, 5.41) is 3.19. The van der Waals surface area contributed by atoms with E-state index in [9.17, 15) is 4.79 Å². The van der Waals surface area contributed by atoms with Gasteiger partial charge in [-0.1, -0.05) is 13.8 Å². The van der Waals surface area contributed by atoms with Crippen molar-refractivity contribution in [2.45, 2.75) is 45.2 Å². The van der Waals surface area contributed by atoms with Crippen LogP contribution in [0.2, 0.25) is 0 Å². The van der Waals surface area contributed by atoms with E-state index in [0.717, 1.165) is 25.9 Å². The summed E-state index contributed by atoms with van der Waals surface area (Å²) in [5.74, 6) is 1.02. The van der Waals surface area contributed by atoms with E-state index in [2.05, 4.69) is 24.1 Å². The summed E-state index contributed by atoms with van der Waals surface area (Å²) in [6, 6.07) is 0.634. The molecule has 80 valence electrons. The van der Waals surface area contributed by atoms with E-state index < -0.39 is 0 Å². The normalized spacial score (nSPS) is 37.0. The van der Waals surface area contributed by atoms with Crippen molar-refractivity contribution in [2.75, 3.05) is 13.1 Å². The average Bonchev–Trinajstić information content (AvgIpc) is 2.43. The summed E-state index contributed by atoms with van der Waals surface area (Å²) in [6.07, 6.45) is 3.32. The monoisotopic (exact) mass is 196 g/mol. The molecule has 0 aromatic heterocycles. The Balaban J connectivity index is 1.97. The van der Waals surface area contributed by atoms with Gasteiger partial charge in [0.05, 0.1) is 6.04 Å². The lowest BCUT2D eigenvalue weighted by Crippen LogP contribution is -2.55. The van der Waals surface area contributed by atoms with E-state index in [4.69, 9.17) is 0 Å². The van der Waals surface area contributed by atoms with Crippen LogP contribution in [0.3, 0.4) is 0 Å². The number of likely N-dealkylation sites (tertiary alicyclic amines) is 1. The molecule has 2 saturated heterocycles. The predicted octanol–water partition coefficient (Wildman–Crippen LogP) is 0.995. The third kappa shape index (κ3) is 1.65. The van der Waals surface area contributed by atoms with Gasteiger partial charge in [-0.2, -0.15) is 0 Å². The van der Waals surface area contributed by atoms with Gasteiger partial charge in [-0.3, -0.25) is 4.79 Å². The second kappa shape index (κ2) is 3.89. The second-order valence-corrected chi connectivity index (χ2v) is 4.69. The Morgan fingerprint density at radius 2 is 2.29 bits per heavy atom. The summed E-state index contributed by atoms with van der Waals surface area (Å²) < 4.78 is 0. The molecule has 0 saturated carbocycles. The second-order valence-electron chi connectivity index (χ2n) is 4.69. The number of hydrogen-bond donors (Lipinski definition) is 1. The first-order chi connectivity index (χ1) is 6.72. The van der Waals surface area contributed by atoms with Crippen molar-refractivity contribution in [1.82, 2.24) is 10.2 Å². The van der Waals surface area contributed by atoms with Crippen LogP contribution in [0.15, 0.2) is 0 Å². The first-order valence-electron chi connectivity index (χ1n) is 5.76. The smallest absolute Gasteiger partial charge is 0.240 e. The van der Waals surface area contributed by atoms with E-state index in [1.807, 2.05) is 0 Å². The molecule has 1 amide bonds. The highest BCUT2D eigenvalue weighted by Gasteiger charge is 2.36. The Labute approximate surface area is 85.8 Å². The minimum Gasteiger partial charge on any atom is -0.338 e. The molecule has 14 heavy (non-hydrogen) atoms. The van der Waals surface area contributed by atoms with Gasteiger partial charge < -0.3 is 10.2 Å². The van der Waals surface area contributed by atoms with Crippen LogP contribution in [-0.2, 0) is 4.79 Å². The topological polar surface area (TPSA) is 32.3 Å². The maximum Gasteiger partial charge on any atom is 0.240 e. The molecule has 2 aliphatic rings. The quantitative estimate of drug-likeness (QED) is 0.714. The third-order valence-corrected chi connectivity index (χ3v) is 3.50. The number of amides is 1. The van der Waals surface area contributed by atoms with Crippen molar-refractivity contribution >= 4 is 5.91 Å². The molecule has 0 radical (unpaired) electrons. The van der Waals surface area contributed by atoms with Crippen LogP contribution in [-0.4, -0.2) is 36.0 Å². The largest absolute Gasteiger partial charge is 0.338 e. The van der Waals surface area contributed by atoms with Crippen LogP contribution in [0, 0.1) is 5.92 Å². The SMILES string of the molecule is CCC1CC(C)CN1C(=O)[C@H]1CCN1. The summed E-state index contributed by atoms with van der Waals surface area (Å²) in [4.78, 5) is 14.1. The van der Waals surface area contributed by atoms with Gasteiger partial charge in [0.15, 0.2) is 0 Å². The van der Waals surface area contributed by atoms with Crippen LogP contribution < -0.4 is 5.32 Å². The third-order valence-electron chi connectivity index (χ3n) is 3.50. The van der Waals surface area contributed by atoms with Crippen molar-refractivity contribution in [1.29, 1.82) is 0 Å². The van der Waals surface area contributed by atoms with E-state index in [1.54, 1.807) is 0 Å². The van der Waals surface area contributed by atoms with E-state index in [0.29, 0.717) is 17.9 Å². The maximum absolute atomic E-state index is 12.0. The zero-order valence-corrected chi connectivity index (χ0v) is 9.12. The molecule has 2 unspecified atom stereocenters. The Morgan fingerprint density at radius 1 is 1.57 bits per heavy atom. The number of carbonyl (C=O) groups excluding carboxylic acids is 1. The van der Waals surface area contributed by atoms with E-state index in [-0.39, 0.29) is 6.04 Å². The standard InChI is InChI=1S/C11H20N2O/c1-3-9-6-8(2)7-13(9)11(14)10-4-5-12-10/h8-10,12H,3-7H2,1-2H3/t8?,9?,10-/m1/s1. The molecular formula is C11H20N2O. The summed E-state index contributed by atoms with van der Waals surface area (Å²) in [7, 11) is 0. The van der Waals surface area contributed by atoms with E-state index >= 15 is 0 Å². The maximum atomic E-state index is 12.0. The van der Waals surface area contributed by atoms with Gasteiger partial charge in [0.2, 0.25) is 5.91 Å². The molecule has 2 heterocycles. The minimum atomic E-state index is 0.134. The van der Waals surface area contributed by atoms with Crippen molar-refractivity contribution < 1.29 is 4.79 Å². The Hall–Kier alpha value is -0.570. The van der Waals surface area contributed by atoms with Crippen molar-refractivity contribution in [2.24, 2.45) is 5.92 Å². The summed E-state index contributed by atoms with van der Waals surface area (Å²) >= 11 is 0. The Kier molecular flexibility index (Phi) is 2.77. The molecular weight excluding hydrogens is 176 g/mol. The Morgan fingerprint density at radius 3 is 2.79 bits per heavy atom. The first kappa shape index (κ1) is 9.97. The number of carbonyl (C=O) groups is 1. The van der Waals surface area contributed by atoms with Gasteiger partial charge >= 0.3 is 0 Å².